The maximum Gasteiger partial charge on any atom is 0.329 e. The van der Waals surface area contributed by atoms with Crippen LogP contribution in [0.15, 0.2) is 29.4 Å². The molecule has 1 fully saturated rings. The third-order valence-corrected chi connectivity index (χ3v) is 3.22. The van der Waals surface area contributed by atoms with Crippen molar-refractivity contribution in [3.63, 3.8) is 0 Å². The number of hydrogen-bond acceptors (Lipinski definition) is 4. The van der Waals surface area contributed by atoms with E-state index in [1.165, 1.54) is 6.21 Å². The summed E-state index contributed by atoms with van der Waals surface area (Å²) in [7, 11) is 0. The van der Waals surface area contributed by atoms with Crippen molar-refractivity contribution in [2.75, 3.05) is 13.1 Å². The number of amides is 2. The summed E-state index contributed by atoms with van der Waals surface area (Å²) in [6, 6.07) is 7.32. The molecule has 0 bridgehead atoms. The second kappa shape index (κ2) is 7.59. The molecule has 0 unspecified atom stereocenters. The van der Waals surface area contributed by atoms with Crippen LogP contribution in [0.5, 0.6) is 5.75 Å². The maximum absolute atomic E-state index is 11.8. The molecule has 0 saturated carbocycles. The number of rotatable bonds is 4. The van der Waals surface area contributed by atoms with Crippen molar-refractivity contribution in [2.45, 2.75) is 32.8 Å². The lowest BCUT2D eigenvalue weighted by molar-refractivity contribution is -0.145. The van der Waals surface area contributed by atoms with E-state index in [2.05, 4.69) is 10.5 Å². The molecule has 1 heterocycles. The summed E-state index contributed by atoms with van der Waals surface area (Å²) in [5.74, 6) is -0.436. The Morgan fingerprint density at radius 3 is 2.45 bits per heavy atom. The first kappa shape index (κ1) is 16.0. The smallest absolute Gasteiger partial charge is 0.329 e. The Kier molecular flexibility index (Phi) is 5.52. The third kappa shape index (κ3) is 4.58. The molecule has 1 saturated heterocycles. The summed E-state index contributed by atoms with van der Waals surface area (Å²) < 4.78 is 5.54. The standard InChI is InChI=1S/C16H21N3O3/c1-12(2)22-14-7-5-13(6-8-14)11-17-18-15(20)16(21)19-9-3-4-10-19/h5-8,11-12H,3-4,9-10H2,1-2H3,(H,18,20). The van der Waals surface area contributed by atoms with Gasteiger partial charge in [0.1, 0.15) is 5.75 Å². The molecule has 0 radical (unpaired) electrons. The summed E-state index contributed by atoms with van der Waals surface area (Å²) in [6.07, 6.45) is 3.52. The SMILES string of the molecule is CC(C)Oc1ccc(C=NNC(=O)C(=O)N2CCCC2)cc1. The summed E-state index contributed by atoms with van der Waals surface area (Å²) in [6.45, 7) is 5.21. The van der Waals surface area contributed by atoms with Gasteiger partial charge >= 0.3 is 11.8 Å². The number of benzene rings is 1. The van der Waals surface area contributed by atoms with Crippen LogP contribution in [0.3, 0.4) is 0 Å². The van der Waals surface area contributed by atoms with Gasteiger partial charge in [0.05, 0.1) is 12.3 Å². The fourth-order valence-electron chi connectivity index (χ4n) is 2.18. The second-order valence-electron chi connectivity index (χ2n) is 5.43. The Labute approximate surface area is 130 Å². The minimum Gasteiger partial charge on any atom is -0.491 e. The molecule has 6 nitrogen and oxygen atoms in total. The lowest BCUT2D eigenvalue weighted by atomic mass is 10.2. The van der Waals surface area contributed by atoms with Crippen LogP contribution in [-0.4, -0.2) is 42.1 Å². The topological polar surface area (TPSA) is 71.0 Å². The van der Waals surface area contributed by atoms with Gasteiger partial charge in [-0.2, -0.15) is 5.10 Å². The second-order valence-corrected chi connectivity index (χ2v) is 5.43. The number of carbonyl (C=O) groups is 2. The average molecular weight is 303 g/mol. The van der Waals surface area contributed by atoms with E-state index in [1.54, 1.807) is 4.90 Å². The molecular weight excluding hydrogens is 282 g/mol. The van der Waals surface area contributed by atoms with E-state index in [-0.39, 0.29) is 6.10 Å². The summed E-state index contributed by atoms with van der Waals surface area (Å²) in [5, 5.41) is 3.81. The number of hydrogen-bond donors (Lipinski definition) is 1. The molecule has 2 rings (SSSR count). The van der Waals surface area contributed by atoms with E-state index in [4.69, 9.17) is 4.74 Å². The highest BCUT2D eigenvalue weighted by molar-refractivity contribution is 6.35. The van der Waals surface area contributed by atoms with Crippen molar-refractivity contribution in [3.05, 3.63) is 29.8 Å². The Bertz CT molecular complexity index is 546. The Balaban J connectivity index is 1.83. The van der Waals surface area contributed by atoms with Gasteiger partial charge in [0.2, 0.25) is 0 Å². The zero-order valence-electron chi connectivity index (χ0n) is 12.9. The minimum absolute atomic E-state index is 0.121. The lowest BCUT2D eigenvalue weighted by Gasteiger charge is -2.12. The van der Waals surface area contributed by atoms with Crippen LogP contribution in [0.1, 0.15) is 32.3 Å². The van der Waals surface area contributed by atoms with Crippen molar-refractivity contribution in [3.8, 4) is 5.75 Å². The number of nitrogens with zero attached hydrogens (tertiary/aromatic N) is 2. The number of hydrazone groups is 1. The van der Waals surface area contributed by atoms with E-state index in [0.717, 1.165) is 24.2 Å². The predicted molar refractivity (Wildman–Crippen MR) is 83.8 cm³/mol. The Hall–Kier alpha value is -2.37. The van der Waals surface area contributed by atoms with Gasteiger partial charge in [-0.05, 0) is 56.5 Å². The molecule has 1 aromatic rings. The third-order valence-electron chi connectivity index (χ3n) is 3.22. The molecule has 2 amide bonds. The lowest BCUT2D eigenvalue weighted by Crippen LogP contribution is -2.39. The number of carbonyl (C=O) groups excluding carboxylic acids is 2. The van der Waals surface area contributed by atoms with Crippen LogP contribution in [0, 0.1) is 0 Å². The molecule has 1 aromatic carbocycles. The molecule has 0 spiro atoms. The summed E-state index contributed by atoms with van der Waals surface area (Å²) >= 11 is 0. The first-order valence-corrected chi connectivity index (χ1v) is 7.45. The monoisotopic (exact) mass is 303 g/mol. The van der Waals surface area contributed by atoms with Gasteiger partial charge in [-0.15, -0.1) is 0 Å². The molecule has 22 heavy (non-hydrogen) atoms. The van der Waals surface area contributed by atoms with E-state index in [1.807, 2.05) is 38.1 Å². The summed E-state index contributed by atoms with van der Waals surface area (Å²) in [4.78, 5) is 25.0. The molecule has 0 aromatic heterocycles. The van der Waals surface area contributed by atoms with Crippen LogP contribution in [0.4, 0.5) is 0 Å². The van der Waals surface area contributed by atoms with Crippen LogP contribution >= 0.6 is 0 Å². The summed E-state index contributed by atoms with van der Waals surface area (Å²) in [5.41, 5.74) is 3.07. The van der Waals surface area contributed by atoms with Crippen molar-refractivity contribution >= 4 is 18.0 Å². The van der Waals surface area contributed by atoms with Gasteiger partial charge in [0.25, 0.3) is 0 Å². The first-order valence-electron chi connectivity index (χ1n) is 7.45. The zero-order chi connectivity index (χ0) is 15.9. The molecular formula is C16H21N3O3. The van der Waals surface area contributed by atoms with Crippen LogP contribution in [0.2, 0.25) is 0 Å². The fraction of sp³-hybridized carbons (Fsp3) is 0.438. The van der Waals surface area contributed by atoms with Gasteiger partial charge in [-0.1, -0.05) is 0 Å². The highest BCUT2D eigenvalue weighted by Crippen LogP contribution is 2.12. The minimum atomic E-state index is -0.696. The number of likely N-dealkylation sites (tertiary alicyclic amines) is 1. The van der Waals surface area contributed by atoms with Gasteiger partial charge in [-0.25, -0.2) is 5.43 Å². The van der Waals surface area contributed by atoms with E-state index in [9.17, 15) is 9.59 Å². The van der Waals surface area contributed by atoms with Crippen molar-refractivity contribution < 1.29 is 14.3 Å². The molecule has 118 valence electrons. The normalized spacial score (nSPS) is 14.6. The quantitative estimate of drug-likeness (QED) is 0.521. The number of nitrogens with one attached hydrogen (secondary N) is 1. The molecule has 1 aliphatic heterocycles. The molecule has 6 heteroatoms. The van der Waals surface area contributed by atoms with Gasteiger partial charge in [-0.3, -0.25) is 9.59 Å². The van der Waals surface area contributed by atoms with Crippen LogP contribution < -0.4 is 10.2 Å². The molecule has 0 atom stereocenters. The van der Waals surface area contributed by atoms with E-state index < -0.39 is 11.8 Å². The Morgan fingerprint density at radius 2 is 1.86 bits per heavy atom. The molecule has 0 aliphatic carbocycles. The van der Waals surface area contributed by atoms with Crippen molar-refractivity contribution in [1.29, 1.82) is 0 Å². The Morgan fingerprint density at radius 1 is 1.23 bits per heavy atom. The van der Waals surface area contributed by atoms with Crippen LogP contribution in [0.25, 0.3) is 0 Å². The van der Waals surface area contributed by atoms with Crippen molar-refractivity contribution in [1.82, 2.24) is 10.3 Å². The van der Waals surface area contributed by atoms with Gasteiger partial charge in [0, 0.05) is 13.1 Å². The van der Waals surface area contributed by atoms with Crippen molar-refractivity contribution in [2.24, 2.45) is 5.10 Å². The predicted octanol–water partition coefficient (Wildman–Crippen LogP) is 1.55. The molecule has 1 aliphatic rings. The first-order chi connectivity index (χ1) is 10.6. The highest BCUT2D eigenvalue weighted by atomic mass is 16.5. The number of ether oxygens (including phenoxy) is 1. The highest BCUT2D eigenvalue weighted by Gasteiger charge is 2.23. The fourth-order valence-corrected chi connectivity index (χ4v) is 2.18. The van der Waals surface area contributed by atoms with Gasteiger partial charge < -0.3 is 9.64 Å². The zero-order valence-corrected chi connectivity index (χ0v) is 12.9. The van der Waals surface area contributed by atoms with Gasteiger partial charge in [0.15, 0.2) is 0 Å². The maximum atomic E-state index is 11.8. The van der Waals surface area contributed by atoms with Crippen LogP contribution in [-0.2, 0) is 9.59 Å². The largest absolute Gasteiger partial charge is 0.491 e. The molecule has 1 N–H and O–H groups in total. The van der Waals surface area contributed by atoms with E-state index >= 15 is 0 Å². The van der Waals surface area contributed by atoms with E-state index in [0.29, 0.717) is 13.1 Å². The average Bonchev–Trinajstić information content (AvgIpc) is 3.02.